The molecule has 1 amide bonds. The van der Waals surface area contributed by atoms with Crippen LogP contribution in [0.25, 0.3) is 0 Å². The maximum absolute atomic E-state index is 12.8. The number of hydrogen-bond donors (Lipinski definition) is 1. The van der Waals surface area contributed by atoms with Gasteiger partial charge in [-0.3, -0.25) is 4.79 Å². The molecule has 0 fully saturated rings. The Hall–Kier alpha value is -2.47. The number of aromatic nitrogens is 2. The molecule has 0 saturated heterocycles. The molecule has 2 aromatic rings. The molecule has 0 spiro atoms. The van der Waals surface area contributed by atoms with Crippen LogP contribution in [0.4, 0.5) is 5.95 Å². The average Bonchev–Trinajstić information content (AvgIpc) is 2.63. The second-order valence-electron chi connectivity index (χ2n) is 5.80. The van der Waals surface area contributed by atoms with Crippen molar-refractivity contribution in [3.63, 3.8) is 0 Å². The minimum Gasteiger partial charge on any atom is -0.385 e. The van der Waals surface area contributed by atoms with Gasteiger partial charge in [-0.25, -0.2) is 9.97 Å². The third-order valence-electron chi connectivity index (χ3n) is 3.77. The van der Waals surface area contributed by atoms with Crippen LogP contribution in [0.1, 0.15) is 35.1 Å². The van der Waals surface area contributed by atoms with Gasteiger partial charge < -0.3 is 15.0 Å². The normalized spacial score (nSPS) is 10.5. The summed E-state index contributed by atoms with van der Waals surface area (Å²) in [4.78, 5) is 23.4. The lowest BCUT2D eigenvalue weighted by molar-refractivity contribution is 0.0746. The summed E-state index contributed by atoms with van der Waals surface area (Å²) < 4.78 is 5.03. The smallest absolute Gasteiger partial charge is 0.272 e. The molecular formula is C19H26N4O2. The molecular weight excluding hydrogens is 316 g/mol. The Morgan fingerprint density at radius 2 is 2.00 bits per heavy atom. The van der Waals surface area contributed by atoms with Crippen molar-refractivity contribution < 1.29 is 9.53 Å². The first-order chi connectivity index (χ1) is 12.1. The van der Waals surface area contributed by atoms with Crippen molar-refractivity contribution in [1.29, 1.82) is 0 Å². The van der Waals surface area contributed by atoms with E-state index in [1.807, 2.05) is 44.2 Å². The first-order valence-electron chi connectivity index (χ1n) is 8.55. The lowest BCUT2D eigenvalue weighted by Crippen LogP contribution is -2.31. The number of nitrogens with one attached hydrogen (secondary N) is 1. The standard InChI is InChI=1S/C19H26N4O2/c1-4-23(14-16-9-6-5-7-10-16)18(24)17-13-15(2)21-19(22-17)20-11-8-12-25-3/h5-7,9-10,13H,4,8,11-12,14H2,1-3H3,(H,20,21,22). The molecule has 0 saturated carbocycles. The van der Waals surface area contributed by atoms with Crippen LogP contribution in [0.5, 0.6) is 0 Å². The number of ether oxygens (including phenoxy) is 1. The van der Waals surface area contributed by atoms with Crippen molar-refractivity contribution in [2.75, 3.05) is 32.1 Å². The summed E-state index contributed by atoms with van der Waals surface area (Å²) in [5, 5.41) is 3.15. The minimum absolute atomic E-state index is 0.0863. The molecule has 2 rings (SSSR count). The zero-order valence-corrected chi connectivity index (χ0v) is 15.2. The minimum atomic E-state index is -0.0863. The highest BCUT2D eigenvalue weighted by atomic mass is 16.5. The lowest BCUT2D eigenvalue weighted by atomic mass is 10.2. The quantitative estimate of drug-likeness (QED) is 0.710. The first kappa shape index (κ1) is 18.9. The molecule has 0 atom stereocenters. The largest absolute Gasteiger partial charge is 0.385 e. The average molecular weight is 342 g/mol. The molecule has 0 aliphatic carbocycles. The van der Waals surface area contributed by atoms with E-state index in [0.29, 0.717) is 37.9 Å². The highest BCUT2D eigenvalue weighted by molar-refractivity contribution is 5.92. The van der Waals surface area contributed by atoms with E-state index in [2.05, 4.69) is 15.3 Å². The van der Waals surface area contributed by atoms with Crippen LogP contribution in [-0.2, 0) is 11.3 Å². The molecule has 1 heterocycles. The Labute approximate surface area is 149 Å². The number of amides is 1. The number of carbonyl (C=O) groups is 1. The monoisotopic (exact) mass is 342 g/mol. The van der Waals surface area contributed by atoms with E-state index in [9.17, 15) is 4.79 Å². The van der Waals surface area contributed by atoms with Gasteiger partial charge in [-0.1, -0.05) is 30.3 Å². The van der Waals surface area contributed by atoms with Crippen LogP contribution >= 0.6 is 0 Å². The second-order valence-corrected chi connectivity index (χ2v) is 5.80. The fourth-order valence-electron chi connectivity index (χ4n) is 2.47. The van der Waals surface area contributed by atoms with Gasteiger partial charge in [0.25, 0.3) is 5.91 Å². The second kappa shape index (κ2) is 9.74. The number of rotatable bonds is 9. The number of carbonyl (C=O) groups excluding carboxylic acids is 1. The summed E-state index contributed by atoms with van der Waals surface area (Å²) in [6, 6.07) is 11.7. The van der Waals surface area contributed by atoms with Crippen molar-refractivity contribution >= 4 is 11.9 Å². The molecule has 6 nitrogen and oxygen atoms in total. The van der Waals surface area contributed by atoms with Gasteiger partial charge in [-0.05, 0) is 31.9 Å². The van der Waals surface area contributed by atoms with Gasteiger partial charge in [0.2, 0.25) is 5.95 Å². The van der Waals surface area contributed by atoms with Crippen molar-refractivity contribution in [3.05, 3.63) is 53.3 Å². The molecule has 0 aliphatic rings. The van der Waals surface area contributed by atoms with Crippen LogP contribution in [0.2, 0.25) is 0 Å². The van der Waals surface area contributed by atoms with E-state index < -0.39 is 0 Å². The number of methoxy groups -OCH3 is 1. The molecule has 0 bridgehead atoms. The number of anilines is 1. The van der Waals surface area contributed by atoms with Crippen molar-refractivity contribution in [1.82, 2.24) is 14.9 Å². The predicted molar refractivity (Wildman–Crippen MR) is 98.6 cm³/mol. The maximum Gasteiger partial charge on any atom is 0.272 e. The van der Waals surface area contributed by atoms with E-state index in [-0.39, 0.29) is 5.91 Å². The zero-order chi connectivity index (χ0) is 18.1. The molecule has 25 heavy (non-hydrogen) atoms. The Bertz CT molecular complexity index is 676. The Kier molecular flexibility index (Phi) is 7.35. The fraction of sp³-hybridized carbons (Fsp3) is 0.421. The third kappa shape index (κ3) is 5.83. The van der Waals surface area contributed by atoms with Gasteiger partial charge in [0, 0.05) is 39.0 Å². The van der Waals surface area contributed by atoms with Gasteiger partial charge in [0.15, 0.2) is 0 Å². The molecule has 0 aliphatic heterocycles. The number of aryl methyl sites for hydroxylation is 1. The Morgan fingerprint density at radius 1 is 1.24 bits per heavy atom. The van der Waals surface area contributed by atoms with E-state index in [1.54, 1.807) is 18.1 Å². The molecule has 6 heteroatoms. The predicted octanol–water partition coefficient (Wildman–Crippen LogP) is 2.90. The van der Waals surface area contributed by atoms with Crippen LogP contribution in [0.15, 0.2) is 36.4 Å². The Morgan fingerprint density at radius 3 is 2.68 bits per heavy atom. The summed E-state index contributed by atoms with van der Waals surface area (Å²) in [6.45, 7) is 6.39. The molecule has 1 aromatic carbocycles. The van der Waals surface area contributed by atoms with Crippen molar-refractivity contribution in [2.45, 2.75) is 26.8 Å². The highest BCUT2D eigenvalue weighted by Gasteiger charge is 2.17. The topological polar surface area (TPSA) is 67.4 Å². The van der Waals surface area contributed by atoms with Gasteiger partial charge in [0.1, 0.15) is 5.69 Å². The third-order valence-corrected chi connectivity index (χ3v) is 3.77. The highest BCUT2D eigenvalue weighted by Crippen LogP contribution is 2.11. The maximum atomic E-state index is 12.8. The lowest BCUT2D eigenvalue weighted by Gasteiger charge is -2.21. The van der Waals surface area contributed by atoms with Crippen molar-refractivity contribution in [2.24, 2.45) is 0 Å². The molecule has 0 unspecified atom stereocenters. The number of nitrogens with zero attached hydrogens (tertiary/aromatic N) is 3. The number of hydrogen-bond acceptors (Lipinski definition) is 5. The molecule has 1 aromatic heterocycles. The van der Waals surface area contributed by atoms with Gasteiger partial charge in [0.05, 0.1) is 0 Å². The van der Waals surface area contributed by atoms with Crippen LogP contribution in [0.3, 0.4) is 0 Å². The van der Waals surface area contributed by atoms with Gasteiger partial charge in [-0.2, -0.15) is 0 Å². The van der Waals surface area contributed by atoms with Crippen molar-refractivity contribution in [3.8, 4) is 0 Å². The van der Waals surface area contributed by atoms with Crippen LogP contribution in [0, 0.1) is 6.92 Å². The van der Waals surface area contributed by atoms with Crippen LogP contribution < -0.4 is 5.32 Å². The van der Waals surface area contributed by atoms with Gasteiger partial charge >= 0.3 is 0 Å². The molecule has 134 valence electrons. The fourth-order valence-corrected chi connectivity index (χ4v) is 2.47. The van der Waals surface area contributed by atoms with E-state index in [0.717, 1.165) is 17.7 Å². The summed E-state index contributed by atoms with van der Waals surface area (Å²) in [6.07, 6.45) is 0.853. The van der Waals surface area contributed by atoms with Gasteiger partial charge in [-0.15, -0.1) is 0 Å². The van der Waals surface area contributed by atoms with E-state index >= 15 is 0 Å². The summed E-state index contributed by atoms with van der Waals surface area (Å²) in [7, 11) is 1.67. The van der Waals surface area contributed by atoms with Crippen LogP contribution in [-0.4, -0.2) is 47.6 Å². The Balaban J connectivity index is 2.09. The number of benzene rings is 1. The SMILES string of the molecule is CCN(Cc1ccccc1)C(=O)c1cc(C)nc(NCCCOC)n1. The first-order valence-corrected chi connectivity index (χ1v) is 8.55. The molecule has 0 radical (unpaired) electrons. The summed E-state index contributed by atoms with van der Waals surface area (Å²) >= 11 is 0. The zero-order valence-electron chi connectivity index (χ0n) is 15.2. The molecule has 1 N–H and O–H groups in total. The van der Waals surface area contributed by atoms with E-state index in [1.165, 1.54) is 0 Å². The summed E-state index contributed by atoms with van der Waals surface area (Å²) in [5.41, 5.74) is 2.28. The summed E-state index contributed by atoms with van der Waals surface area (Å²) in [5.74, 6) is 0.395. The van der Waals surface area contributed by atoms with E-state index in [4.69, 9.17) is 4.74 Å².